The van der Waals surface area contributed by atoms with Crippen LogP contribution in [0.15, 0.2) is 18.2 Å². The fourth-order valence-electron chi connectivity index (χ4n) is 6.24. The Labute approximate surface area is 191 Å². The predicted octanol–water partition coefficient (Wildman–Crippen LogP) is 2.88. The van der Waals surface area contributed by atoms with E-state index in [4.69, 9.17) is 4.74 Å². The third-order valence-electron chi connectivity index (χ3n) is 7.81. The summed E-state index contributed by atoms with van der Waals surface area (Å²) in [6.07, 6.45) is 6.51. The number of aryl methyl sites for hydroxylation is 2. The minimum Gasteiger partial charge on any atom is -0.373 e. The van der Waals surface area contributed by atoms with Crippen LogP contribution < -0.4 is 4.90 Å². The van der Waals surface area contributed by atoms with E-state index < -0.39 is 0 Å². The van der Waals surface area contributed by atoms with E-state index >= 15 is 0 Å². The number of amides is 2. The van der Waals surface area contributed by atoms with Gasteiger partial charge in [0.25, 0.3) is 0 Å². The first-order chi connectivity index (χ1) is 15.5. The second-order valence-corrected chi connectivity index (χ2v) is 10.5. The summed E-state index contributed by atoms with van der Waals surface area (Å²) >= 11 is 0. The van der Waals surface area contributed by atoms with Crippen molar-refractivity contribution in [2.24, 2.45) is 11.8 Å². The number of ether oxygens (including phenoxy) is 1. The van der Waals surface area contributed by atoms with Crippen LogP contribution in [0.2, 0.25) is 0 Å². The van der Waals surface area contributed by atoms with Gasteiger partial charge in [0.2, 0.25) is 11.8 Å². The van der Waals surface area contributed by atoms with Gasteiger partial charge in [0.15, 0.2) is 0 Å². The van der Waals surface area contributed by atoms with Crippen LogP contribution in [0.5, 0.6) is 0 Å². The van der Waals surface area contributed by atoms with Crippen LogP contribution >= 0.6 is 0 Å². The Balaban J connectivity index is 1.13. The summed E-state index contributed by atoms with van der Waals surface area (Å²) in [7, 11) is 0. The van der Waals surface area contributed by atoms with Gasteiger partial charge in [-0.1, -0.05) is 6.07 Å². The SMILES string of the molecule is CC1CN(CC2CCN(C(=O)C3CC(=O)N(c4ccc5c(c4)CCC5)C3)CC2)CC(C)O1. The lowest BCUT2D eigenvalue weighted by atomic mass is 9.94. The van der Waals surface area contributed by atoms with Crippen molar-refractivity contribution in [1.82, 2.24) is 9.80 Å². The van der Waals surface area contributed by atoms with Gasteiger partial charge in [-0.15, -0.1) is 0 Å². The first-order valence-corrected chi connectivity index (χ1v) is 12.5. The van der Waals surface area contributed by atoms with Gasteiger partial charge in [0, 0.05) is 51.4 Å². The zero-order valence-corrected chi connectivity index (χ0v) is 19.6. The number of piperidine rings is 1. The Morgan fingerprint density at radius 1 is 1.03 bits per heavy atom. The van der Waals surface area contributed by atoms with E-state index in [9.17, 15) is 9.59 Å². The van der Waals surface area contributed by atoms with Crippen molar-refractivity contribution in [2.45, 2.75) is 64.6 Å². The molecule has 2 amide bonds. The number of hydrogen-bond acceptors (Lipinski definition) is 4. The van der Waals surface area contributed by atoms with E-state index in [2.05, 4.69) is 36.9 Å². The molecule has 3 atom stereocenters. The minimum absolute atomic E-state index is 0.0896. The Kier molecular flexibility index (Phi) is 6.26. The number of anilines is 1. The maximum Gasteiger partial charge on any atom is 0.228 e. The zero-order chi connectivity index (χ0) is 22.2. The summed E-state index contributed by atoms with van der Waals surface area (Å²) in [5.41, 5.74) is 3.76. The molecule has 6 heteroatoms. The van der Waals surface area contributed by atoms with Crippen LogP contribution in [-0.2, 0) is 27.2 Å². The summed E-state index contributed by atoms with van der Waals surface area (Å²) < 4.78 is 5.86. The maximum absolute atomic E-state index is 13.2. The molecule has 0 aromatic heterocycles. The standard InChI is InChI=1S/C26H37N3O3/c1-18-14-27(15-19(2)32-18)16-20-8-10-28(11-9-20)26(31)23-13-25(30)29(17-23)24-7-6-21-4-3-5-22(21)12-24/h6-7,12,18-20,23H,3-5,8-11,13-17H2,1-2H3. The van der Waals surface area contributed by atoms with Crippen molar-refractivity contribution >= 4 is 17.5 Å². The highest BCUT2D eigenvalue weighted by atomic mass is 16.5. The molecule has 0 spiro atoms. The van der Waals surface area contributed by atoms with Crippen LogP contribution in [0.1, 0.15) is 50.7 Å². The molecule has 174 valence electrons. The van der Waals surface area contributed by atoms with E-state index in [1.165, 1.54) is 17.5 Å². The number of rotatable bonds is 4. The van der Waals surface area contributed by atoms with Crippen LogP contribution in [0.3, 0.4) is 0 Å². The van der Waals surface area contributed by atoms with Gasteiger partial charge < -0.3 is 14.5 Å². The lowest BCUT2D eigenvalue weighted by Crippen LogP contribution is -2.49. The quantitative estimate of drug-likeness (QED) is 0.724. The highest BCUT2D eigenvalue weighted by molar-refractivity contribution is 6.00. The number of fused-ring (bicyclic) bond motifs is 1. The smallest absolute Gasteiger partial charge is 0.228 e. The highest BCUT2D eigenvalue weighted by Crippen LogP contribution is 2.32. The van der Waals surface area contributed by atoms with Crippen LogP contribution in [0.25, 0.3) is 0 Å². The minimum atomic E-state index is -0.201. The summed E-state index contributed by atoms with van der Waals surface area (Å²) in [5.74, 6) is 0.707. The molecule has 32 heavy (non-hydrogen) atoms. The lowest BCUT2D eigenvalue weighted by molar-refractivity contribution is -0.137. The van der Waals surface area contributed by atoms with Gasteiger partial charge in [0.05, 0.1) is 18.1 Å². The fourth-order valence-corrected chi connectivity index (χ4v) is 6.24. The largest absolute Gasteiger partial charge is 0.373 e. The van der Waals surface area contributed by atoms with Crippen molar-refractivity contribution in [2.75, 3.05) is 44.2 Å². The molecule has 5 rings (SSSR count). The third kappa shape index (κ3) is 4.58. The molecule has 4 aliphatic rings. The van der Waals surface area contributed by atoms with Gasteiger partial charge >= 0.3 is 0 Å². The van der Waals surface area contributed by atoms with Crippen molar-refractivity contribution in [3.63, 3.8) is 0 Å². The van der Waals surface area contributed by atoms with Gasteiger partial charge in [-0.3, -0.25) is 14.5 Å². The maximum atomic E-state index is 13.2. The molecule has 0 saturated carbocycles. The molecule has 0 N–H and O–H groups in total. The number of benzene rings is 1. The summed E-state index contributed by atoms with van der Waals surface area (Å²) in [6.45, 7) is 9.59. The number of hydrogen-bond donors (Lipinski definition) is 0. The Morgan fingerprint density at radius 3 is 2.50 bits per heavy atom. The monoisotopic (exact) mass is 439 g/mol. The summed E-state index contributed by atoms with van der Waals surface area (Å²) in [4.78, 5) is 32.3. The molecule has 0 bridgehead atoms. The second kappa shape index (κ2) is 9.14. The molecule has 3 aliphatic heterocycles. The first-order valence-electron chi connectivity index (χ1n) is 12.5. The van der Waals surface area contributed by atoms with Crippen LogP contribution in [-0.4, -0.2) is 73.1 Å². The zero-order valence-electron chi connectivity index (χ0n) is 19.6. The van der Waals surface area contributed by atoms with Crippen LogP contribution in [0, 0.1) is 11.8 Å². The molecular formula is C26H37N3O3. The topological polar surface area (TPSA) is 53.1 Å². The molecule has 0 radical (unpaired) electrons. The number of likely N-dealkylation sites (tertiary alicyclic amines) is 1. The highest BCUT2D eigenvalue weighted by Gasteiger charge is 2.38. The molecule has 1 aromatic carbocycles. The molecule has 3 heterocycles. The van der Waals surface area contributed by atoms with Gasteiger partial charge in [0.1, 0.15) is 0 Å². The van der Waals surface area contributed by atoms with E-state index in [1.54, 1.807) is 0 Å². The van der Waals surface area contributed by atoms with Gasteiger partial charge in [-0.25, -0.2) is 0 Å². The molecular weight excluding hydrogens is 402 g/mol. The number of nitrogens with zero attached hydrogens (tertiary/aromatic N) is 3. The molecule has 3 saturated heterocycles. The van der Waals surface area contributed by atoms with Gasteiger partial charge in [-0.05, 0) is 75.1 Å². The van der Waals surface area contributed by atoms with Gasteiger partial charge in [-0.2, -0.15) is 0 Å². The van der Waals surface area contributed by atoms with Crippen molar-refractivity contribution in [3.8, 4) is 0 Å². The van der Waals surface area contributed by atoms with E-state index in [-0.39, 0.29) is 17.7 Å². The second-order valence-electron chi connectivity index (χ2n) is 10.5. The third-order valence-corrected chi connectivity index (χ3v) is 7.81. The van der Waals surface area contributed by atoms with Crippen LogP contribution in [0.4, 0.5) is 5.69 Å². The Hall–Kier alpha value is -1.92. The first kappa shape index (κ1) is 21.9. The number of carbonyl (C=O) groups is 2. The molecule has 6 nitrogen and oxygen atoms in total. The average molecular weight is 440 g/mol. The molecule has 3 fully saturated rings. The number of morpholine rings is 1. The van der Waals surface area contributed by atoms with E-state index in [0.29, 0.717) is 31.1 Å². The molecule has 1 aliphatic carbocycles. The van der Waals surface area contributed by atoms with Crippen molar-refractivity contribution in [1.29, 1.82) is 0 Å². The van der Waals surface area contributed by atoms with E-state index in [1.807, 2.05) is 9.80 Å². The van der Waals surface area contributed by atoms with Crippen molar-refractivity contribution < 1.29 is 14.3 Å². The Bertz CT molecular complexity index is 854. The van der Waals surface area contributed by atoms with Crippen molar-refractivity contribution in [3.05, 3.63) is 29.3 Å². The normalized spacial score (nSPS) is 29.6. The average Bonchev–Trinajstić information content (AvgIpc) is 3.39. The predicted molar refractivity (Wildman–Crippen MR) is 125 cm³/mol. The molecule has 1 aromatic rings. The summed E-state index contributed by atoms with van der Waals surface area (Å²) in [6, 6.07) is 6.40. The fraction of sp³-hybridized carbons (Fsp3) is 0.692. The van der Waals surface area contributed by atoms with E-state index in [0.717, 1.165) is 64.1 Å². The summed E-state index contributed by atoms with van der Waals surface area (Å²) in [5, 5.41) is 0. The Morgan fingerprint density at radius 2 is 1.75 bits per heavy atom. The lowest BCUT2D eigenvalue weighted by Gasteiger charge is -2.39. The molecule has 3 unspecified atom stereocenters. The number of carbonyl (C=O) groups excluding carboxylic acids is 2.